The molecular formula is C76H104N20O22S3. The molecule has 1 fully saturated rings. The molecule has 9 amide bonds. The van der Waals surface area contributed by atoms with Crippen LogP contribution in [-0.4, -0.2) is 238 Å². The van der Waals surface area contributed by atoms with Crippen LogP contribution in [0.2, 0.25) is 0 Å². The van der Waals surface area contributed by atoms with Crippen molar-refractivity contribution in [3.8, 4) is 5.75 Å². The summed E-state index contributed by atoms with van der Waals surface area (Å²) >= 11 is 1.01. The Morgan fingerprint density at radius 2 is 1.54 bits per heavy atom. The molecule has 0 spiro atoms. The number of aromatic hydroxyl groups is 1. The number of aromatic nitrogens is 5. The van der Waals surface area contributed by atoms with E-state index in [1.54, 1.807) is 13.0 Å². The molecule has 5 aromatic rings. The van der Waals surface area contributed by atoms with Crippen LogP contribution < -0.4 is 70.4 Å². The topological polar surface area (TPSA) is 635 Å². The van der Waals surface area contributed by atoms with Crippen LogP contribution in [0, 0.1) is 17.2 Å². The third-order valence-electron chi connectivity index (χ3n) is 19.7. The molecule has 1 aliphatic heterocycles. The molecule has 7 rings (SSSR count). The summed E-state index contributed by atoms with van der Waals surface area (Å²) in [6.07, 6.45) is 0.284. The highest BCUT2D eigenvalue weighted by Crippen LogP contribution is 2.36. The minimum Gasteiger partial charge on any atom is -0.508 e. The highest BCUT2D eigenvalue weighted by Gasteiger charge is 2.41. The zero-order chi connectivity index (χ0) is 88.7. The number of guanidine groups is 1. The van der Waals surface area contributed by atoms with Gasteiger partial charge in [-0.05, 0) is 124 Å². The van der Waals surface area contributed by atoms with E-state index in [-0.39, 0.29) is 127 Å². The second kappa shape index (κ2) is 47.1. The van der Waals surface area contributed by atoms with E-state index in [0.717, 1.165) is 45.8 Å². The number of nitrogens with zero attached hydrogens (tertiary/aromatic N) is 6. The van der Waals surface area contributed by atoms with Crippen LogP contribution in [0.4, 0.5) is 16.4 Å². The zero-order valence-corrected chi connectivity index (χ0v) is 70.1. The summed E-state index contributed by atoms with van der Waals surface area (Å²) < 4.78 is 16.8. The molecule has 42 nitrogen and oxygen atoms in total. The van der Waals surface area contributed by atoms with Crippen LogP contribution in [0.1, 0.15) is 180 Å². The number of carboxylic acid groups (broad SMARTS) is 3. The van der Waals surface area contributed by atoms with E-state index in [0.29, 0.717) is 48.3 Å². The van der Waals surface area contributed by atoms with E-state index in [1.165, 1.54) is 59.8 Å². The number of hydrogen-bond donors (Lipinski definition) is 18. The molecule has 3 aromatic heterocycles. The molecular weight excluding hydrogens is 1640 g/mol. The molecule has 1 aliphatic carbocycles. The number of likely N-dealkylation sites (N-methyl/N-ethyl adjacent to an activating group) is 1. The molecule has 0 radical (unpaired) electrons. The van der Waals surface area contributed by atoms with Gasteiger partial charge >= 0.3 is 35.9 Å². The summed E-state index contributed by atoms with van der Waals surface area (Å²) in [6.45, 7) is 10.4. The quantitative estimate of drug-likeness (QED) is 0.00388. The number of anilines is 2. The SMILES string of the molecule is CCCC(=O)OCN(C(=O)C(NC(=O)[C@H]1CCCCN1C)[C@@H](C)CC)[C@H](C[C@@H](OC(C)=O)c1nc(C(=O)N[C@H]2Cc3ccc(O)cc3[C@H](C(=O)NNC(=O)OCCSSC[C@@H](NC(=O)[C@@H](CC(=O)O)NC(=O)[C@@H](CCCNC(=N)N)NC(=O)CC[C@@H](NC(=O)c3ccc(NCc4cnc5nc(N)[nH]c(=O)c5n4)cc3)C(=O)O)C(=O)O)C2)cs1)C(C)C. The largest absolute Gasteiger partial charge is 0.508 e. The zero-order valence-electron chi connectivity index (χ0n) is 67.7. The monoisotopic (exact) mass is 1740 g/mol. The summed E-state index contributed by atoms with van der Waals surface area (Å²) in [7, 11) is 3.73. The maximum Gasteiger partial charge on any atom is 0.426 e. The predicted molar refractivity (Wildman–Crippen MR) is 441 cm³/mol. The summed E-state index contributed by atoms with van der Waals surface area (Å²) in [5, 5.41) is 70.3. The van der Waals surface area contributed by atoms with E-state index in [1.807, 2.05) is 39.6 Å². The van der Waals surface area contributed by atoms with Crippen molar-refractivity contribution < 1.29 is 102 Å². The molecule has 121 heavy (non-hydrogen) atoms. The summed E-state index contributed by atoms with van der Waals surface area (Å²) in [4.78, 5) is 222. The van der Waals surface area contributed by atoms with E-state index in [2.05, 4.69) is 78.3 Å². The first-order valence-corrected chi connectivity index (χ1v) is 42.4. The highest BCUT2D eigenvalue weighted by atomic mass is 33.1. The number of amides is 9. The maximum atomic E-state index is 15.0. The summed E-state index contributed by atoms with van der Waals surface area (Å²) in [5.41, 5.74) is 16.6. The number of esters is 2. The van der Waals surface area contributed by atoms with Crippen molar-refractivity contribution in [3.63, 3.8) is 0 Å². The molecule has 11 atom stereocenters. The molecule has 1 saturated heterocycles. The van der Waals surface area contributed by atoms with Crippen molar-refractivity contribution in [2.24, 2.45) is 17.6 Å². The van der Waals surface area contributed by atoms with E-state index in [9.17, 15) is 87.5 Å². The van der Waals surface area contributed by atoms with Gasteiger partial charge in [0, 0.05) is 73.0 Å². The second-order valence-corrected chi connectivity index (χ2v) is 32.7. The van der Waals surface area contributed by atoms with Crippen LogP contribution >= 0.6 is 32.9 Å². The van der Waals surface area contributed by atoms with Gasteiger partial charge in [-0.2, -0.15) is 4.98 Å². The van der Waals surface area contributed by atoms with Gasteiger partial charge in [0.25, 0.3) is 17.4 Å². The Morgan fingerprint density at radius 3 is 2.21 bits per heavy atom. The van der Waals surface area contributed by atoms with Crippen molar-refractivity contribution in [3.05, 3.63) is 97.5 Å². The number of aliphatic carboxylic acids is 3. The fraction of sp³-hybridized carbons (Fsp3) is 0.526. The molecule has 20 N–H and O–H groups in total. The Labute approximate surface area is 706 Å². The number of nitrogen functional groups attached to an aromatic ring is 1. The smallest absolute Gasteiger partial charge is 0.426 e. The lowest BCUT2D eigenvalue weighted by Gasteiger charge is -2.39. The molecule has 0 bridgehead atoms. The van der Waals surface area contributed by atoms with Crippen LogP contribution in [0.3, 0.4) is 0 Å². The van der Waals surface area contributed by atoms with Gasteiger partial charge < -0.3 is 93.5 Å². The van der Waals surface area contributed by atoms with E-state index < -0.39 is 175 Å². The number of likely N-dealkylation sites (tertiary alicyclic amines) is 1. The minimum atomic E-state index is -1.94. The van der Waals surface area contributed by atoms with Gasteiger partial charge in [0.1, 0.15) is 53.3 Å². The van der Waals surface area contributed by atoms with Crippen molar-refractivity contribution in [1.29, 1.82) is 5.41 Å². The first kappa shape index (κ1) is 96.1. The molecule has 0 saturated carbocycles. The molecule has 1 unspecified atom stereocenters. The number of phenols is 1. The van der Waals surface area contributed by atoms with Gasteiger partial charge in [-0.25, -0.2) is 34.8 Å². The first-order chi connectivity index (χ1) is 57.5. The number of piperidine rings is 1. The third kappa shape index (κ3) is 30.0. The lowest BCUT2D eigenvalue weighted by Crippen LogP contribution is -2.59. The van der Waals surface area contributed by atoms with Gasteiger partial charge in [-0.3, -0.25) is 78.3 Å². The number of carbonyl (C=O) groups excluding carboxylic acids is 11. The number of thiazole rings is 1. The van der Waals surface area contributed by atoms with Crippen molar-refractivity contribution in [1.82, 2.24) is 82.8 Å². The minimum absolute atomic E-state index is 0.00375. The number of carbonyl (C=O) groups is 14. The number of fused-ring (bicyclic) bond motifs is 2. The molecule has 45 heteroatoms. The van der Waals surface area contributed by atoms with Crippen molar-refractivity contribution in [2.45, 2.75) is 198 Å². The number of hydrogen-bond acceptors (Lipinski definition) is 30. The number of carboxylic acids is 3. The summed E-state index contributed by atoms with van der Waals surface area (Å²) in [5.74, 6) is -15.2. The molecule has 2 aromatic carbocycles. The highest BCUT2D eigenvalue weighted by molar-refractivity contribution is 8.76. The number of rotatable bonds is 45. The van der Waals surface area contributed by atoms with Crippen molar-refractivity contribution >= 4 is 145 Å². The Bertz CT molecular complexity index is 4600. The number of benzene rings is 2. The Morgan fingerprint density at radius 1 is 0.818 bits per heavy atom. The number of nitrogens with one attached hydrogen (secondary N) is 12. The van der Waals surface area contributed by atoms with Crippen LogP contribution in [0.5, 0.6) is 5.75 Å². The maximum absolute atomic E-state index is 15.0. The average molecular weight is 1750 g/mol. The predicted octanol–water partition coefficient (Wildman–Crippen LogP) is 2.14. The Balaban J connectivity index is 0.889. The average Bonchev–Trinajstić information content (AvgIpc) is 0.957. The number of hydrazine groups is 1. The molecule has 658 valence electrons. The van der Waals surface area contributed by atoms with E-state index in [4.69, 9.17) is 31.1 Å². The standard InChI is InChI=1S/C76H104N20O22S3/c1-8-13-59(102)117-37-96(71(110)60(39(5)9-2)90-68(108)54-15-10-11-25-95(54)7)55(38(3)4)32-56(118-40(6)97)70-89-52(35-119-70)67(107)84-44-28-42-18-21-46(98)30-47(42)48(29-44)64(104)93-94-76(115)116-26-27-120-121-36-53(73(113)114)88-66(106)51(31-58(100)101)87-65(105)49(14-12-24-80-74(77)78)85-57(99)23-22-50(72(111)112)86-63(103)41-16-19-43(20-17-41)81-33-45-34-82-62-61(83-45)69(109)92-75(79)91-62/h16-21,30,34-35,38-39,44,48-51,53-56,60,81,98H,8-15,22-29,31-33,36-37H2,1-7H3,(H,84,107)(H,85,99)(H,86,103)(H,87,105)(H,88,106)(H,90,108)(H,93,104)(H,94,115)(H,100,101)(H,111,112)(H,113,114)(H4,77,78,80)(H3,79,82,91,92,109)/t39-,44-,48+,49+,50+,51+,53+,54+,55+,56+,60?/m0/s1. The number of nitrogens with two attached hydrogens (primary N) is 2. The number of ether oxygens (including phenoxy) is 3. The number of aromatic amines is 1. The normalized spacial score (nSPS) is 16.3. The van der Waals surface area contributed by atoms with Gasteiger partial charge in [0.2, 0.25) is 41.4 Å². The second-order valence-electron chi connectivity index (χ2n) is 29.2. The van der Waals surface area contributed by atoms with E-state index >= 15 is 4.79 Å². The Kier molecular flexibility index (Phi) is 37.4. The first-order valence-electron chi connectivity index (χ1n) is 39.0. The fourth-order valence-electron chi connectivity index (χ4n) is 13.2. The van der Waals surface area contributed by atoms with Crippen LogP contribution in [0.25, 0.3) is 11.2 Å². The lowest BCUT2D eigenvalue weighted by molar-refractivity contribution is -0.160. The Hall–Kier alpha value is -12.0. The fourth-order valence-corrected chi connectivity index (χ4v) is 16.0. The summed E-state index contributed by atoms with van der Waals surface area (Å²) in [6, 6.07) is 0.326. The van der Waals surface area contributed by atoms with Crippen molar-refractivity contribution in [2.75, 3.05) is 56.0 Å². The van der Waals surface area contributed by atoms with Crippen LogP contribution in [-0.2, 0) is 79.9 Å². The third-order valence-corrected chi connectivity index (χ3v) is 23.0. The molecule has 2 aliphatic rings. The van der Waals surface area contributed by atoms with Gasteiger partial charge in [-0.1, -0.05) is 75.1 Å². The van der Waals surface area contributed by atoms with Gasteiger partial charge in [0.05, 0.1) is 36.8 Å². The molecule has 4 heterocycles. The number of phenolic OH excluding ortho intramolecular Hbond substituents is 1. The van der Waals surface area contributed by atoms with Crippen LogP contribution in [0.15, 0.2) is 58.8 Å². The lowest BCUT2D eigenvalue weighted by atomic mass is 9.79. The van der Waals surface area contributed by atoms with Gasteiger partial charge in [0.15, 0.2) is 30.0 Å². The van der Waals surface area contributed by atoms with Gasteiger partial charge in [-0.15, -0.1) is 11.3 Å². The number of H-pyrrole nitrogens is 1.